The van der Waals surface area contributed by atoms with Gasteiger partial charge in [0.1, 0.15) is 24.0 Å². The number of phosphoric ester groups is 1. The second-order valence-electron chi connectivity index (χ2n) is 7.89. The quantitative estimate of drug-likeness (QED) is 0.116. The average Bonchev–Trinajstić information content (AvgIpc) is 3.31. The van der Waals surface area contributed by atoms with Crippen molar-refractivity contribution in [1.82, 2.24) is 14.3 Å². The van der Waals surface area contributed by atoms with Crippen LogP contribution in [0.3, 0.4) is 0 Å². The van der Waals surface area contributed by atoms with E-state index in [0.717, 1.165) is 27.0 Å². The largest absolute Gasteiger partial charge is 1.00 e. The van der Waals surface area contributed by atoms with E-state index in [1.165, 1.54) is 0 Å². The third-order valence-corrected chi connectivity index (χ3v) is 7.55. The van der Waals surface area contributed by atoms with Gasteiger partial charge >= 0.3 is 110 Å². The van der Waals surface area contributed by atoms with E-state index in [-0.39, 0.29) is 99.5 Å². The van der Waals surface area contributed by atoms with Crippen LogP contribution in [0.2, 0.25) is 0 Å². The molecule has 2 unspecified atom stereocenters. The van der Waals surface area contributed by atoms with Crippen molar-refractivity contribution in [1.29, 1.82) is 0 Å². The van der Waals surface area contributed by atoms with E-state index in [0.29, 0.717) is 16.7 Å². The number of ether oxygens (including phenoxy) is 1. The van der Waals surface area contributed by atoms with Gasteiger partial charge in [-0.3, -0.25) is 18.5 Å². The summed E-state index contributed by atoms with van der Waals surface area (Å²) in [5.74, 6) is 0. The second-order valence-corrected chi connectivity index (χ2v) is 10.7. The fourth-order valence-corrected chi connectivity index (χ4v) is 5.31. The van der Waals surface area contributed by atoms with E-state index in [4.69, 9.17) is 19.0 Å². The van der Waals surface area contributed by atoms with Gasteiger partial charge in [-0.05, 0) is 18.6 Å². The number of hydrogen-bond acceptors (Lipinski definition) is 11. The molecule has 4 rings (SSSR count). The molecule has 2 aromatic heterocycles. The van der Waals surface area contributed by atoms with Crippen LogP contribution in [-0.4, -0.2) is 64.1 Å². The maximum atomic E-state index is 13.1. The summed E-state index contributed by atoms with van der Waals surface area (Å²) in [7, 11) is -10.6. The molecule has 202 valence electrons. The van der Waals surface area contributed by atoms with Crippen molar-refractivity contribution in [2.75, 3.05) is 6.61 Å². The van der Waals surface area contributed by atoms with Crippen LogP contribution in [0.25, 0.3) is 11.0 Å². The van der Waals surface area contributed by atoms with Gasteiger partial charge < -0.3 is 38.4 Å². The van der Waals surface area contributed by atoms with Crippen LogP contribution in [0.5, 0.6) is 0 Å². The predicted octanol–water partition coefficient (Wildman–Crippen LogP) is -9.30. The molecule has 5 atom stereocenters. The van der Waals surface area contributed by atoms with Crippen molar-refractivity contribution in [3.05, 3.63) is 62.6 Å². The van der Waals surface area contributed by atoms with Crippen molar-refractivity contribution < 1.29 is 145 Å². The Balaban J connectivity index is -0.00000253. The number of nitrogens with zero attached hydrogens (tertiary/aromatic N) is 3. The standard InChI is InChI=1S/C18H21N3O13P2.3Na.3H/c1-9-3-2-4-10-11(19-33-16(9)10)7-21-13(22)5-6-20(18(21)25)17-15(24)14(23)12(32-17)8-31-36(29,30)34-35(26,27)28;;;;;;/h2-6,12,14-15,17,23-24H,7-8H2,1H3,(H,29,30)(H2,26,27,28);;;;;;/q;3*+1;3*-1/t12-,14?,15+,17-;;;;;;/m1....../s1. The van der Waals surface area contributed by atoms with Crippen LogP contribution in [0, 0.1) is 6.92 Å². The van der Waals surface area contributed by atoms with E-state index in [9.17, 15) is 33.8 Å². The molecule has 0 amide bonds. The minimum atomic E-state index is -5.38. The Hall–Kier alpha value is 0.510. The monoisotopic (exact) mass is 621 g/mol. The van der Waals surface area contributed by atoms with Gasteiger partial charge in [0.25, 0.3) is 5.56 Å². The summed E-state index contributed by atoms with van der Waals surface area (Å²) < 4.78 is 42.8. The van der Waals surface area contributed by atoms with Crippen LogP contribution < -0.4 is 99.9 Å². The van der Waals surface area contributed by atoms with Crippen molar-refractivity contribution in [3.8, 4) is 0 Å². The van der Waals surface area contributed by atoms with E-state index < -0.39 is 58.0 Å². The van der Waals surface area contributed by atoms with Crippen molar-refractivity contribution in [2.45, 2.75) is 38.0 Å². The Labute approximate surface area is 290 Å². The van der Waals surface area contributed by atoms with Crippen LogP contribution in [0.1, 0.15) is 21.8 Å². The Kier molecular flexibility index (Phi) is 14.2. The van der Waals surface area contributed by atoms with Crippen LogP contribution in [0.4, 0.5) is 0 Å². The molecule has 21 heteroatoms. The molecule has 1 fully saturated rings. The van der Waals surface area contributed by atoms with Crippen LogP contribution in [0.15, 0.2) is 44.6 Å². The summed E-state index contributed by atoms with van der Waals surface area (Å²) in [5.41, 5.74) is -0.0344. The topological polar surface area (TPSA) is 233 Å². The van der Waals surface area contributed by atoms with E-state index in [2.05, 4.69) is 14.0 Å². The van der Waals surface area contributed by atoms with Crippen molar-refractivity contribution in [2.24, 2.45) is 0 Å². The summed E-state index contributed by atoms with van der Waals surface area (Å²) >= 11 is 0. The first kappa shape index (κ1) is 37.5. The zero-order valence-corrected chi connectivity index (χ0v) is 29.1. The molecule has 3 heterocycles. The molecule has 0 saturated carbocycles. The predicted molar refractivity (Wildman–Crippen MR) is 121 cm³/mol. The SMILES string of the molecule is Cc1cccc2c(Cn3c(=O)ccn([C@@H]4O[C@H](COP(=O)(O)OP(=O)(O)O)C(O)[C@@H]4O)c3=O)noc12.[H-].[H-].[H-].[Na+].[Na+].[Na+]. The summed E-state index contributed by atoms with van der Waals surface area (Å²) in [5, 5.41) is 25.2. The minimum Gasteiger partial charge on any atom is -1.00 e. The van der Waals surface area contributed by atoms with Crippen molar-refractivity contribution in [3.63, 3.8) is 0 Å². The maximum absolute atomic E-state index is 13.1. The number of fused-ring (bicyclic) bond motifs is 1. The number of aryl methyl sites for hydroxylation is 1. The van der Waals surface area contributed by atoms with E-state index in [1.54, 1.807) is 25.1 Å². The van der Waals surface area contributed by atoms with Gasteiger partial charge in [0.05, 0.1) is 13.2 Å². The maximum Gasteiger partial charge on any atom is 1.00 e. The molecule has 0 radical (unpaired) electrons. The number of phosphoric acid groups is 2. The number of aliphatic hydroxyl groups is 2. The zero-order chi connectivity index (χ0) is 26.4. The van der Waals surface area contributed by atoms with E-state index in [1.807, 2.05) is 0 Å². The Morgan fingerprint density at radius 1 is 1.08 bits per heavy atom. The van der Waals surface area contributed by atoms with Gasteiger partial charge in [0, 0.05) is 17.6 Å². The molecule has 0 bridgehead atoms. The summed E-state index contributed by atoms with van der Waals surface area (Å²) in [4.78, 5) is 52.3. The molecule has 1 aromatic carbocycles. The Morgan fingerprint density at radius 3 is 2.38 bits per heavy atom. The number of hydrogen-bond donors (Lipinski definition) is 5. The molecule has 16 nitrogen and oxygen atoms in total. The number of para-hydroxylation sites is 1. The first-order valence-electron chi connectivity index (χ1n) is 10.2. The fraction of sp³-hybridized carbons (Fsp3) is 0.389. The van der Waals surface area contributed by atoms with Gasteiger partial charge in [0.15, 0.2) is 11.8 Å². The molecule has 0 aliphatic carbocycles. The second kappa shape index (κ2) is 14.8. The normalized spacial score (nSPS) is 22.4. The van der Waals surface area contributed by atoms with Gasteiger partial charge in [-0.2, -0.15) is 4.31 Å². The fourth-order valence-electron chi connectivity index (χ4n) is 3.71. The molecule has 1 aliphatic rings. The van der Waals surface area contributed by atoms with Gasteiger partial charge in [-0.1, -0.05) is 17.3 Å². The number of aliphatic hydroxyl groups excluding tert-OH is 2. The van der Waals surface area contributed by atoms with Gasteiger partial charge in [0.2, 0.25) is 0 Å². The first-order valence-corrected chi connectivity index (χ1v) is 13.2. The molecular formula is C18H24N3Na3O13P2. The van der Waals surface area contributed by atoms with Crippen molar-refractivity contribution >= 4 is 26.6 Å². The average molecular weight is 621 g/mol. The Bertz CT molecular complexity index is 1520. The summed E-state index contributed by atoms with van der Waals surface area (Å²) in [6, 6.07) is 6.29. The summed E-state index contributed by atoms with van der Waals surface area (Å²) in [6.45, 7) is 0.582. The zero-order valence-electron chi connectivity index (χ0n) is 24.3. The number of benzene rings is 1. The van der Waals surface area contributed by atoms with Gasteiger partial charge in [-0.25, -0.2) is 13.9 Å². The minimum absolute atomic E-state index is 0. The molecule has 39 heavy (non-hydrogen) atoms. The molecule has 1 saturated heterocycles. The first-order chi connectivity index (χ1) is 16.8. The number of aromatic nitrogens is 3. The number of rotatable bonds is 8. The molecule has 0 spiro atoms. The third-order valence-electron chi connectivity index (χ3n) is 5.40. The summed E-state index contributed by atoms with van der Waals surface area (Å²) in [6.07, 6.45) is -5.53. The molecule has 3 aromatic rings. The van der Waals surface area contributed by atoms with Crippen LogP contribution in [-0.2, 0) is 29.2 Å². The van der Waals surface area contributed by atoms with E-state index >= 15 is 0 Å². The molecular weight excluding hydrogens is 597 g/mol. The molecule has 1 aliphatic heterocycles. The molecule has 5 N–H and O–H groups in total. The smallest absolute Gasteiger partial charge is 1.00 e. The van der Waals surface area contributed by atoms with Gasteiger partial charge in [-0.15, -0.1) is 0 Å². The van der Waals surface area contributed by atoms with Crippen LogP contribution >= 0.6 is 15.6 Å². The Morgan fingerprint density at radius 2 is 1.74 bits per heavy atom. The third kappa shape index (κ3) is 8.77.